The Morgan fingerprint density at radius 1 is 0.481 bits per heavy atom. The zero-order valence-corrected chi connectivity index (χ0v) is 63.5. The maximum atomic E-state index is 14.0. The van der Waals surface area contributed by atoms with Gasteiger partial charge in [-0.1, -0.05) is 179 Å². The summed E-state index contributed by atoms with van der Waals surface area (Å²) in [4.78, 5) is 190. The van der Waals surface area contributed by atoms with Gasteiger partial charge < -0.3 is 19.9 Å². The second kappa shape index (κ2) is 37.0. The molecule has 1 aromatic rings. The molecule has 104 heavy (non-hydrogen) atoms. The van der Waals surface area contributed by atoms with Gasteiger partial charge in [-0.3, -0.25) is 71.9 Å². The number of carbonyl (C=O) groups excluding carboxylic acids is 16. The van der Waals surface area contributed by atoms with Gasteiger partial charge in [0.25, 0.3) is 5.78 Å². The van der Waals surface area contributed by atoms with Gasteiger partial charge in [-0.2, -0.15) is 0 Å². The summed E-state index contributed by atoms with van der Waals surface area (Å²) in [5, 5.41) is 14.4. The molecule has 20 nitrogen and oxygen atoms in total. The van der Waals surface area contributed by atoms with Crippen LogP contribution in [0.3, 0.4) is 0 Å². The Balaban J connectivity index is 0.000000393. The molecule has 3 unspecified atom stereocenters. The van der Waals surface area contributed by atoms with Crippen molar-refractivity contribution in [3.05, 3.63) is 178 Å². The minimum atomic E-state index is -1.43. The molecule has 0 bridgehead atoms. The van der Waals surface area contributed by atoms with Crippen LogP contribution in [0.25, 0.3) is 12.2 Å². The normalized spacial score (nSPS) is 18.6. The van der Waals surface area contributed by atoms with Gasteiger partial charge in [0.05, 0.1) is 18.2 Å². The van der Waals surface area contributed by atoms with E-state index in [2.05, 4.69) is 71.7 Å². The van der Waals surface area contributed by atoms with E-state index in [4.69, 9.17) is 4.74 Å². The van der Waals surface area contributed by atoms with E-state index in [0.717, 1.165) is 52.0 Å². The number of cyclic esters (lactones) is 1. The van der Waals surface area contributed by atoms with Crippen LogP contribution in [0, 0.1) is 38.9 Å². The van der Waals surface area contributed by atoms with E-state index in [1.54, 1.807) is 59.8 Å². The van der Waals surface area contributed by atoms with Crippen molar-refractivity contribution in [1.29, 1.82) is 0 Å². The van der Waals surface area contributed by atoms with Crippen LogP contribution in [0.2, 0.25) is 0 Å². The van der Waals surface area contributed by atoms with Crippen LogP contribution >= 0.6 is 0 Å². The molecule has 0 aromatic heterocycles. The third-order valence-electron chi connectivity index (χ3n) is 15.5. The Kier molecular flexibility index (Phi) is 31.4. The molecule has 556 valence electrons. The van der Waals surface area contributed by atoms with E-state index in [0.29, 0.717) is 39.7 Å². The minimum absolute atomic E-state index is 0.00744. The van der Waals surface area contributed by atoms with Crippen LogP contribution in [0.15, 0.2) is 168 Å². The molecule has 8 rings (SSSR count). The molecule has 1 heterocycles. The van der Waals surface area contributed by atoms with E-state index in [9.17, 15) is 81.8 Å². The molecule has 20 heteroatoms. The van der Waals surface area contributed by atoms with Gasteiger partial charge in [-0.25, -0.2) is 4.79 Å². The lowest BCUT2D eigenvalue weighted by molar-refractivity contribution is -0.154. The lowest BCUT2D eigenvalue weighted by Gasteiger charge is -2.29. The molecule has 0 saturated carbocycles. The Hall–Kier alpha value is -9.92. The number of Topliss-reactive ketones (excluding diaryl/α,β-unsaturated/α-hetero) is 5. The van der Waals surface area contributed by atoms with Gasteiger partial charge in [0.15, 0.2) is 23.5 Å². The number of aliphatic hydroxyl groups excluding tert-OH is 1. The van der Waals surface area contributed by atoms with Gasteiger partial charge in [0.1, 0.15) is 11.9 Å². The second-order valence-electron chi connectivity index (χ2n) is 32.8. The van der Waals surface area contributed by atoms with Crippen molar-refractivity contribution in [3.8, 4) is 0 Å². The average molecular weight is 1430 g/mol. The molecule has 6 aliphatic carbocycles. The predicted octanol–water partition coefficient (Wildman–Crippen LogP) is 9.77. The second-order valence-corrected chi connectivity index (χ2v) is 32.8. The summed E-state index contributed by atoms with van der Waals surface area (Å²) in [7, 11) is 0. The maximum absolute atomic E-state index is 14.0. The number of benzene rings is 1. The third kappa shape index (κ3) is 30.2. The molecule has 1 amide bonds. The molecule has 0 spiro atoms. The van der Waals surface area contributed by atoms with Crippen LogP contribution in [-0.2, 0) is 86.2 Å². The number of aliphatic hydroxyl groups is 1. The number of ether oxygens (including phenoxy) is 2. The zero-order valence-electron chi connectivity index (χ0n) is 63.5. The molecule has 7 aliphatic rings. The summed E-state index contributed by atoms with van der Waals surface area (Å²) in [6.07, 6.45) is 21.7. The van der Waals surface area contributed by atoms with Crippen LogP contribution in [-0.4, -0.2) is 128 Å². The molecule has 5 atom stereocenters. The van der Waals surface area contributed by atoms with E-state index in [1.165, 1.54) is 36.5 Å². The predicted molar refractivity (Wildman–Crippen MR) is 396 cm³/mol. The summed E-state index contributed by atoms with van der Waals surface area (Å²) in [5.74, 6) is -11.4. The van der Waals surface area contributed by atoms with E-state index in [-0.39, 0.29) is 65.9 Å². The summed E-state index contributed by atoms with van der Waals surface area (Å²) in [6, 6.07) is 6.58. The summed E-state index contributed by atoms with van der Waals surface area (Å²) in [6.45, 7) is 44.5. The highest BCUT2D eigenvalue weighted by Gasteiger charge is 2.46. The highest BCUT2D eigenvalue weighted by atomic mass is 16.6. The lowest BCUT2D eigenvalue weighted by Crippen LogP contribution is -2.46. The standard InChI is InChI=1S/C37H41NO9.C11H8O.C11H14O.C10H14O6.C10H12O2.C5H12/c1-36(2,3)20-25(14-22-8-11-28(40)32(44)17-22)35(47)38-26(15-23-9-12-29(41)33(45)18-23)30(42)19-24(34(46)37(4,5)6)13-21-7-10-27(39)31(43)16-21;1-8-6-9-4-2-3-5-10(9)7-11(8)12;1-8-7-9(11(2,3)4)5-6-10(8)12;1-10(2,3)15-4-5(11)8-6(12)7(13)9(14)16-8;1-10(2,3)7-4-5-8(11)9(12)6-7;1-5(2,3)4/h7-12,16-18,24-26H,13-15,19-20H2,1-6H3,(H,38,47);2-7H,1H2;5-7H,1H2,2-4H3;5,8,11H,4H2,1-3H3;4-6H,1-3H3;1-4H3/t;;;5-,8+;;/m...0../s1. The van der Waals surface area contributed by atoms with E-state index >= 15 is 0 Å². The fourth-order valence-electron chi connectivity index (χ4n) is 10.0. The molecular formula is C84H101NO19. The quantitative estimate of drug-likeness (QED) is 0.0672. The first-order valence-electron chi connectivity index (χ1n) is 34.1. The summed E-state index contributed by atoms with van der Waals surface area (Å²) < 4.78 is 9.66. The molecule has 0 radical (unpaired) electrons. The highest BCUT2D eigenvalue weighted by molar-refractivity contribution is 6.65. The van der Waals surface area contributed by atoms with Gasteiger partial charge in [-0.15, -0.1) is 0 Å². The third-order valence-corrected chi connectivity index (χ3v) is 15.5. The maximum Gasteiger partial charge on any atom is 0.383 e. The minimum Gasteiger partial charge on any atom is -0.445 e. The smallest absolute Gasteiger partial charge is 0.383 e. The van der Waals surface area contributed by atoms with E-state index in [1.807, 2.05) is 84.0 Å². The zero-order chi connectivity index (χ0) is 79.5. The molecule has 2 N–H and O–H groups in total. The Labute approximate surface area is 609 Å². The first-order valence-corrected chi connectivity index (χ1v) is 34.1. The average Bonchev–Trinajstić information content (AvgIpc) is 1.43. The van der Waals surface area contributed by atoms with E-state index < -0.39 is 117 Å². The number of hydrogen-bond donors (Lipinski definition) is 2. The highest BCUT2D eigenvalue weighted by Crippen LogP contribution is 2.34. The number of carbonyl (C=O) groups is 16. The molecule has 1 aliphatic heterocycles. The fraction of sp³-hybridized carbons (Fsp3) is 0.429. The number of amides is 1. The number of ketones is 14. The monoisotopic (exact) mass is 1430 g/mol. The number of hydrogen-bond acceptors (Lipinski definition) is 19. The number of allylic oxidation sites excluding steroid dienone is 21. The topological polar surface area (TPSA) is 324 Å². The molecule has 1 aromatic carbocycles. The van der Waals surface area contributed by atoms with Crippen LogP contribution < -0.4 is 15.8 Å². The van der Waals surface area contributed by atoms with Crippen molar-refractivity contribution >= 4 is 105 Å². The van der Waals surface area contributed by atoms with Crippen molar-refractivity contribution in [2.75, 3.05) is 6.61 Å². The number of rotatable bonds is 16. The van der Waals surface area contributed by atoms with Gasteiger partial charge in [0, 0.05) is 34.8 Å². The van der Waals surface area contributed by atoms with Crippen LogP contribution in [0.1, 0.15) is 164 Å². The van der Waals surface area contributed by atoms with Crippen molar-refractivity contribution < 1.29 is 91.3 Å². The first kappa shape index (κ1) is 88.3. The van der Waals surface area contributed by atoms with Crippen LogP contribution in [0.5, 0.6) is 0 Å². The Morgan fingerprint density at radius 2 is 0.875 bits per heavy atom. The van der Waals surface area contributed by atoms with Crippen molar-refractivity contribution in [3.63, 3.8) is 0 Å². The SMILES string of the molecule is C=C1C=C(C(C)(C)C)C=CC1=O.C=C1C=c2ccccc2=CC1=O.CC(C)(C)C.CC(C)(C)C1=CC(=O)C(=O)C=C1.CC(C)(C)CC(CC1=CC(=O)C(=O)C=C1)C(=O)NC(CC1=CC(=O)C(=O)C=C1)C(=O)CC(CC1=CC(=O)C(=O)C=C1)C(=O)C(C)(C)C.CC(C)(C)OC[C@H](O)[C@H]1OC(=O)C(=O)C1=O. The Morgan fingerprint density at radius 3 is 1.26 bits per heavy atom. The van der Waals surface area contributed by atoms with Crippen molar-refractivity contribution in [2.24, 2.45) is 38.9 Å². The summed E-state index contributed by atoms with van der Waals surface area (Å²) >= 11 is 0. The number of esters is 1. The van der Waals surface area contributed by atoms with Gasteiger partial charge in [0.2, 0.25) is 52.2 Å². The van der Waals surface area contributed by atoms with Crippen LogP contribution in [0.4, 0.5) is 0 Å². The van der Waals surface area contributed by atoms with Crippen molar-refractivity contribution in [1.82, 2.24) is 5.32 Å². The van der Waals surface area contributed by atoms with Crippen molar-refractivity contribution in [2.45, 2.75) is 188 Å². The Bertz CT molecular complexity index is 4050. The lowest BCUT2D eigenvalue weighted by atomic mass is 9.76. The molecule has 1 saturated heterocycles. The fourth-order valence-corrected chi connectivity index (χ4v) is 10.0. The molecular weight excluding hydrogens is 1330 g/mol. The largest absolute Gasteiger partial charge is 0.445 e. The first-order chi connectivity index (χ1) is 47.5. The molecule has 1 fully saturated rings. The van der Waals surface area contributed by atoms with Gasteiger partial charge in [-0.05, 0) is 179 Å². The number of nitrogens with one attached hydrogen (secondary N) is 1. The number of fused-ring (bicyclic) bond motifs is 1. The summed E-state index contributed by atoms with van der Waals surface area (Å²) in [5.41, 5.74) is 3.30. The van der Waals surface area contributed by atoms with Gasteiger partial charge >= 0.3 is 11.8 Å².